The zero-order valence-corrected chi connectivity index (χ0v) is 8.51. The number of aromatic nitrogens is 4. The first kappa shape index (κ1) is 9.45. The van der Waals surface area contributed by atoms with E-state index in [1.165, 1.54) is 7.11 Å². The van der Waals surface area contributed by atoms with Crippen LogP contribution in [0.3, 0.4) is 0 Å². The topological polar surface area (TPSA) is 78.9 Å². The molecule has 0 bridgehead atoms. The normalized spacial score (nSPS) is 10.3. The van der Waals surface area contributed by atoms with Crippen molar-refractivity contribution >= 4 is 5.82 Å². The summed E-state index contributed by atoms with van der Waals surface area (Å²) < 4.78 is 6.68. The molecule has 0 atom stereocenters. The van der Waals surface area contributed by atoms with E-state index in [0.29, 0.717) is 11.6 Å². The Bertz CT molecular complexity index is 479. The van der Waals surface area contributed by atoms with Crippen LogP contribution in [0.15, 0.2) is 18.6 Å². The number of anilines is 1. The van der Waals surface area contributed by atoms with Gasteiger partial charge in [-0.15, -0.1) is 0 Å². The SMILES string of the molecule is COc1nc(-c2cnn(C)c2)cnc1N. The molecule has 0 saturated heterocycles. The number of aryl methyl sites for hydroxylation is 1. The van der Waals surface area contributed by atoms with E-state index in [1.54, 1.807) is 17.1 Å². The summed E-state index contributed by atoms with van der Waals surface area (Å²) in [5, 5.41) is 4.05. The zero-order chi connectivity index (χ0) is 10.8. The van der Waals surface area contributed by atoms with Gasteiger partial charge in [-0.3, -0.25) is 4.68 Å². The van der Waals surface area contributed by atoms with Gasteiger partial charge in [-0.25, -0.2) is 9.97 Å². The lowest BCUT2D eigenvalue weighted by Gasteiger charge is -2.03. The van der Waals surface area contributed by atoms with Crippen LogP contribution in [-0.4, -0.2) is 26.9 Å². The van der Waals surface area contributed by atoms with Gasteiger partial charge in [0, 0.05) is 18.8 Å². The molecular formula is C9H11N5O. The fourth-order valence-electron chi connectivity index (χ4n) is 1.22. The first-order chi connectivity index (χ1) is 7.20. The highest BCUT2D eigenvalue weighted by Crippen LogP contribution is 2.21. The summed E-state index contributed by atoms with van der Waals surface area (Å²) in [6.07, 6.45) is 5.15. The molecule has 0 fully saturated rings. The van der Waals surface area contributed by atoms with Crippen LogP contribution in [0.2, 0.25) is 0 Å². The Labute approximate surface area is 86.7 Å². The van der Waals surface area contributed by atoms with Gasteiger partial charge < -0.3 is 10.5 Å². The molecule has 2 aromatic heterocycles. The lowest BCUT2D eigenvalue weighted by Crippen LogP contribution is -1.99. The zero-order valence-electron chi connectivity index (χ0n) is 8.51. The highest BCUT2D eigenvalue weighted by molar-refractivity contribution is 5.58. The van der Waals surface area contributed by atoms with Crippen molar-refractivity contribution in [3.63, 3.8) is 0 Å². The second kappa shape index (κ2) is 3.56. The summed E-state index contributed by atoms with van der Waals surface area (Å²) in [5.74, 6) is 0.612. The van der Waals surface area contributed by atoms with Crippen molar-refractivity contribution in [1.82, 2.24) is 19.7 Å². The van der Waals surface area contributed by atoms with Crippen molar-refractivity contribution in [1.29, 1.82) is 0 Å². The molecular weight excluding hydrogens is 194 g/mol. The molecule has 78 valence electrons. The van der Waals surface area contributed by atoms with E-state index in [4.69, 9.17) is 10.5 Å². The van der Waals surface area contributed by atoms with E-state index in [9.17, 15) is 0 Å². The Hall–Kier alpha value is -2.11. The number of methoxy groups -OCH3 is 1. The summed E-state index contributed by atoms with van der Waals surface area (Å²) in [4.78, 5) is 8.20. The molecule has 0 unspecified atom stereocenters. The second-order valence-electron chi connectivity index (χ2n) is 3.05. The number of hydrogen-bond donors (Lipinski definition) is 1. The molecule has 0 amide bonds. The molecule has 6 nitrogen and oxygen atoms in total. The van der Waals surface area contributed by atoms with Gasteiger partial charge in [0.2, 0.25) is 0 Å². The van der Waals surface area contributed by atoms with Crippen molar-refractivity contribution < 1.29 is 4.74 Å². The molecule has 0 aromatic carbocycles. The van der Waals surface area contributed by atoms with Crippen LogP contribution in [0.1, 0.15) is 0 Å². The summed E-state index contributed by atoms with van der Waals surface area (Å²) in [5.41, 5.74) is 7.13. The molecule has 2 rings (SSSR count). The summed E-state index contributed by atoms with van der Waals surface area (Å²) in [7, 11) is 3.35. The average molecular weight is 205 g/mol. The fraction of sp³-hybridized carbons (Fsp3) is 0.222. The molecule has 2 aromatic rings. The van der Waals surface area contributed by atoms with Gasteiger partial charge in [0.05, 0.1) is 25.2 Å². The monoisotopic (exact) mass is 205 g/mol. The first-order valence-corrected chi connectivity index (χ1v) is 4.36. The van der Waals surface area contributed by atoms with Crippen molar-refractivity contribution in [2.45, 2.75) is 0 Å². The third-order valence-electron chi connectivity index (χ3n) is 1.96. The quantitative estimate of drug-likeness (QED) is 0.770. The average Bonchev–Trinajstić information content (AvgIpc) is 2.66. The number of rotatable bonds is 2. The third kappa shape index (κ3) is 1.74. The maximum Gasteiger partial charge on any atom is 0.257 e. The van der Waals surface area contributed by atoms with Crippen molar-refractivity contribution in [2.75, 3.05) is 12.8 Å². The molecule has 0 saturated carbocycles. The van der Waals surface area contributed by atoms with Gasteiger partial charge in [0.1, 0.15) is 0 Å². The Morgan fingerprint density at radius 2 is 2.20 bits per heavy atom. The van der Waals surface area contributed by atoms with Crippen LogP contribution in [0.5, 0.6) is 5.88 Å². The minimum absolute atomic E-state index is 0.283. The minimum atomic E-state index is 0.283. The van der Waals surface area contributed by atoms with Crippen molar-refractivity contribution in [3.05, 3.63) is 18.6 Å². The fourth-order valence-corrected chi connectivity index (χ4v) is 1.22. The van der Waals surface area contributed by atoms with E-state index in [1.807, 2.05) is 13.2 Å². The standard InChI is InChI=1S/C9H11N5O/c1-14-5-6(3-12-14)7-4-11-8(10)9(13-7)15-2/h3-5H,1-2H3,(H2,10,11). The Morgan fingerprint density at radius 1 is 1.40 bits per heavy atom. The van der Waals surface area contributed by atoms with Gasteiger partial charge in [0.25, 0.3) is 5.88 Å². The van der Waals surface area contributed by atoms with Gasteiger partial charge in [0.15, 0.2) is 5.82 Å². The van der Waals surface area contributed by atoms with Crippen LogP contribution in [0.25, 0.3) is 11.3 Å². The highest BCUT2D eigenvalue weighted by Gasteiger charge is 2.07. The molecule has 2 heterocycles. The minimum Gasteiger partial charge on any atom is -0.478 e. The van der Waals surface area contributed by atoms with E-state index < -0.39 is 0 Å². The van der Waals surface area contributed by atoms with E-state index in [0.717, 1.165) is 5.56 Å². The largest absolute Gasteiger partial charge is 0.478 e. The number of nitrogens with two attached hydrogens (primary N) is 1. The molecule has 0 aliphatic heterocycles. The Kier molecular flexibility index (Phi) is 2.24. The van der Waals surface area contributed by atoms with E-state index in [2.05, 4.69) is 15.1 Å². The maximum atomic E-state index is 5.56. The Morgan fingerprint density at radius 3 is 2.80 bits per heavy atom. The maximum absolute atomic E-state index is 5.56. The molecule has 0 spiro atoms. The van der Waals surface area contributed by atoms with Gasteiger partial charge >= 0.3 is 0 Å². The van der Waals surface area contributed by atoms with Crippen LogP contribution >= 0.6 is 0 Å². The van der Waals surface area contributed by atoms with Gasteiger partial charge in [-0.1, -0.05) is 0 Å². The van der Waals surface area contributed by atoms with Gasteiger partial charge in [-0.05, 0) is 0 Å². The summed E-state index contributed by atoms with van der Waals surface area (Å²) in [6.45, 7) is 0. The third-order valence-corrected chi connectivity index (χ3v) is 1.96. The van der Waals surface area contributed by atoms with Crippen LogP contribution < -0.4 is 10.5 Å². The van der Waals surface area contributed by atoms with Crippen molar-refractivity contribution in [3.8, 4) is 17.1 Å². The molecule has 2 N–H and O–H groups in total. The van der Waals surface area contributed by atoms with Crippen LogP contribution in [0, 0.1) is 0 Å². The molecule has 0 aliphatic rings. The molecule has 6 heteroatoms. The summed E-state index contributed by atoms with van der Waals surface area (Å²) in [6, 6.07) is 0. The predicted octanol–water partition coefficient (Wildman–Crippen LogP) is 0.468. The van der Waals surface area contributed by atoms with Crippen molar-refractivity contribution in [2.24, 2.45) is 7.05 Å². The smallest absolute Gasteiger partial charge is 0.257 e. The molecule has 15 heavy (non-hydrogen) atoms. The highest BCUT2D eigenvalue weighted by atomic mass is 16.5. The second-order valence-corrected chi connectivity index (χ2v) is 3.05. The van der Waals surface area contributed by atoms with Crippen LogP contribution in [0.4, 0.5) is 5.82 Å². The first-order valence-electron chi connectivity index (χ1n) is 4.36. The number of hydrogen-bond acceptors (Lipinski definition) is 5. The molecule has 0 radical (unpaired) electrons. The van der Waals surface area contributed by atoms with Gasteiger partial charge in [-0.2, -0.15) is 5.10 Å². The molecule has 0 aliphatic carbocycles. The number of nitrogen functional groups attached to an aromatic ring is 1. The number of ether oxygens (including phenoxy) is 1. The van der Waals surface area contributed by atoms with E-state index >= 15 is 0 Å². The van der Waals surface area contributed by atoms with E-state index in [-0.39, 0.29) is 5.82 Å². The number of nitrogens with zero attached hydrogens (tertiary/aromatic N) is 4. The lowest BCUT2D eigenvalue weighted by molar-refractivity contribution is 0.399. The summed E-state index contributed by atoms with van der Waals surface area (Å²) >= 11 is 0. The predicted molar refractivity (Wildman–Crippen MR) is 55.2 cm³/mol. The lowest BCUT2D eigenvalue weighted by atomic mass is 10.3. The Balaban J connectivity index is 2.45. The van der Waals surface area contributed by atoms with Crippen LogP contribution in [-0.2, 0) is 7.05 Å².